The van der Waals surface area contributed by atoms with Crippen LogP contribution in [0.5, 0.6) is 0 Å². The van der Waals surface area contributed by atoms with Crippen molar-refractivity contribution in [3.8, 4) is 0 Å². The molecule has 0 amide bonds. The Kier molecular flexibility index (Phi) is 28.5. The summed E-state index contributed by atoms with van der Waals surface area (Å²) in [5.74, 6) is 0. The molecule has 2 aliphatic carbocycles. The Balaban J connectivity index is -0.000000229. The van der Waals surface area contributed by atoms with Crippen molar-refractivity contribution >= 4 is 0 Å². The van der Waals surface area contributed by atoms with E-state index in [0.29, 0.717) is 0 Å². The van der Waals surface area contributed by atoms with Crippen molar-refractivity contribution in [2.45, 2.75) is 78.4 Å². The van der Waals surface area contributed by atoms with Crippen molar-refractivity contribution in [3.05, 3.63) is 48.6 Å². The van der Waals surface area contributed by atoms with Gasteiger partial charge in [0.2, 0.25) is 0 Å². The molecule has 0 aromatic rings. The quantitative estimate of drug-likeness (QED) is 0.572. The first-order valence-corrected chi connectivity index (χ1v) is 8.29. The first-order chi connectivity index (χ1) is 10.5. The van der Waals surface area contributed by atoms with Crippen LogP contribution in [0.1, 0.15) is 66.2 Å². The topological polar surface area (TPSA) is 46.1 Å². The minimum Gasteiger partial charge on any atom is -0.852 e. The smallest absolute Gasteiger partial charge is 0.852 e. The molecule has 2 nitrogen and oxygen atoms in total. The van der Waals surface area contributed by atoms with Gasteiger partial charge in [0.1, 0.15) is 0 Å². The van der Waals surface area contributed by atoms with Gasteiger partial charge in [-0.15, -0.1) is 25.0 Å². The van der Waals surface area contributed by atoms with Gasteiger partial charge < -0.3 is 10.2 Å². The van der Waals surface area contributed by atoms with Crippen LogP contribution in [-0.2, 0) is 21.7 Å². The van der Waals surface area contributed by atoms with E-state index in [1.807, 2.05) is 38.2 Å². The largest absolute Gasteiger partial charge is 4.00 e. The van der Waals surface area contributed by atoms with Gasteiger partial charge in [-0.3, -0.25) is 12.2 Å². The minimum atomic E-state index is -0.352. The summed E-state index contributed by atoms with van der Waals surface area (Å²) in [4.78, 5) is 0. The molecule has 0 fully saturated rings. The maximum atomic E-state index is 10.1. The molecule has 0 heterocycles. The van der Waals surface area contributed by atoms with E-state index < -0.39 is 0 Å². The van der Waals surface area contributed by atoms with Crippen LogP contribution in [0.2, 0.25) is 0 Å². The summed E-state index contributed by atoms with van der Waals surface area (Å²) < 4.78 is 0. The number of hydrogen-bond acceptors (Lipinski definition) is 2. The monoisotopic (exact) mass is 352 g/mol. The number of allylic oxidation sites excluding steroid dienone is 8. The van der Waals surface area contributed by atoms with Gasteiger partial charge >= 0.3 is 21.7 Å². The van der Waals surface area contributed by atoms with Gasteiger partial charge in [-0.2, -0.15) is 12.2 Å². The molecule has 23 heavy (non-hydrogen) atoms. The second kappa shape index (κ2) is 23.9. The molecular weight excluding hydrogens is 320 g/mol. The normalized spacial score (nSPS) is 15.2. The summed E-state index contributed by atoms with van der Waals surface area (Å²) in [6, 6.07) is 0. The Bertz CT molecular complexity index is 264. The van der Waals surface area contributed by atoms with E-state index >= 15 is 0 Å². The molecule has 0 aromatic carbocycles. The maximum Gasteiger partial charge on any atom is 4.00 e. The SMILES string of the molecule is CCCC(C)[O-].CCCC(C)[O-].[C-]1=CC=CC1.[C-]1=CC=CC1.[Ti+4]. The van der Waals surface area contributed by atoms with E-state index in [1.54, 1.807) is 13.8 Å². The fourth-order valence-electron chi connectivity index (χ4n) is 1.49. The summed E-state index contributed by atoms with van der Waals surface area (Å²) in [6.45, 7) is 7.44. The average molecular weight is 352 g/mol. The number of rotatable bonds is 4. The molecule has 0 aliphatic heterocycles. The van der Waals surface area contributed by atoms with Gasteiger partial charge in [0.15, 0.2) is 0 Å². The van der Waals surface area contributed by atoms with Crippen LogP contribution < -0.4 is 10.2 Å². The average Bonchev–Trinajstić information content (AvgIpc) is 3.19. The molecule has 0 saturated heterocycles. The standard InChI is InChI=1S/2C5H11O.2C5H5.Ti/c2*1-3-4-5(2)6;2*1-2-4-5-3-1;/h2*5H,3-4H2,1-2H3;2*1-3H,4H2;/q4*-1;+4. The van der Waals surface area contributed by atoms with Crippen LogP contribution >= 0.6 is 0 Å². The number of hydrogen-bond donors (Lipinski definition) is 0. The van der Waals surface area contributed by atoms with Crippen molar-refractivity contribution < 1.29 is 31.9 Å². The fourth-order valence-corrected chi connectivity index (χ4v) is 1.49. The van der Waals surface area contributed by atoms with E-state index in [0.717, 1.165) is 38.5 Å². The van der Waals surface area contributed by atoms with Crippen LogP contribution in [0.15, 0.2) is 36.5 Å². The summed E-state index contributed by atoms with van der Waals surface area (Å²) in [5, 5.41) is 20.3. The zero-order valence-electron chi connectivity index (χ0n) is 15.2. The molecule has 3 heteroatoms. The molecular formula is C20H32O2Ti. The maximum absolute atomic E-state index is 10.1. The first-order valence-electron chi connectivity index (χ1n) is 8.29. The minimum absolute atomic E-state index is 0. The first kappa shape index (κ1) is 27.4. The molecule has 0 spiro atoms. The Labute approximate surface area is 159 Å². The molecule has 0 bridgehead atoms. The van der Waals surface area contributed by atoms with Gasteiger partial charge in [-0.25, -0.2) is 24.3 Å². The summed E-state index contributed by atoms with van der Waals surface area (Å²) >= 11 is 0. The molecule has 0 radical (unpaired) electrons. The van der Waals surface area contributed by atoms with Gasteiger partial charge in [0.05, 0.1) is 0 Å². The molecule has 0 saturated carbocycles. The molecule has 2 unspecified atom stereocenters. The molecule has 2 rings (SSSR count). The fraction of sp³-hybridized carbons (Fsp3) is 0.600. The van der Waals surface area contributed by atoms with Gasteiger partial charge in [-0.1, -0.05) is 53.4 Å². The van der Waals surface area contributed by atoms with Gasteiger partial charge in [0.25, 0.3) is 0 Å². The van der Waals surface area contributed by atoms with E-state index in [4.69, 9.17) is 0 Å². The van der Waals surface area contributed by atoms with Crippen LogP contribution in [-0.4, -0.2) is 12.2 Å². The van der Waals surface area contributed by atoms with E-state index in [-0.39, 0.29) is 33.9 Å². The molecule has 2 aliphatic rings. The summed E-state index contributed by atoms with van der Waals surface area (Å²) in [7, 11) is 0. The second-order valence-electron chi connectivity index (χ2n) is 5.20. The van der Waals surface area contributed by atoms with E-state index in [9.17, 15) is 10.2 Å². The van der Waals surface area contributed by atoms with Crippen molar-refractivity contribution in [2.24, 2.45) is 0 Å². The van der Waals surface area contributed by atoms with Crippen molar-refractivity contribution in [2.75, 3.05) is 0 Å². The Morgan fingerprint density at radius 2 is 1.17 bits per heavy atom. The predicted octanol–water partition coefficient (Wildman–Crippen LogP) is 3.68. The van der Waals surface area contributed by atoms with Crippen LogP contribution in [0.4, 0.5) is 0 Å². The zero-order chi connectivity index (χ0) is 17.1. The summed E-state index contributed by atoms with van der Waals surface area (Å²) in [6.07, 6.45) is 23.0. The Morgan fingerprint density at radius 1 is 0.826 bits per heavy atom. The van der Waals surface area contributed by atoms with E-state index in [2.05, 4.69) is 24.3 Å². The van der Waals surface area contributed by atoms with Crippen molar-refractivity contribution in [1.82, 2.24) is 0 Å². The van der Waals surface area contributed by atoms with Crippen molar-refractivity contribution in [1.29, 1.82) is 0 Å². The predicted molar refractivity (Wildman–Crippen MR) is 91.9 cm³/mol. The molecule has 0 N–H and O–H groups in total. The van der Waals surface area contributed by atoms with Crippen LogP contribution in [0.25, 0.3) is 0 Å². The zero-order valence-corrected chi connectivity index (χ0v) is 16.7. The molecule has 2 atom stereocenters. The van der Waals surface area contributed by atoms with Gasteiger partial charge in [0, 0.05) is 0 Å². The Hall–Kier alpha value is -0.406. The van der Waals surface area contributed by atoms with Crippen LogP contribution in [0, 0.1) is 12.2 Å². The van der Waals surface area contributed by atoms with E-state index in [1.165, 1.54) is 0 Å². The third kappa shape index (κ3) is 34.1. The summed E-state index contributed by atoms with van der Waals surface area (Å²) in [5.41, 5.74) is 0. The molecule has 0 aromatic heterocycles. The van der Waals surface area contributed by atoms with Crippen molar-refractivity contribution in [3.63, 3.8) is 0 Å². The van der Waals surface area contributed by atoms with Gasteiger partial charge in [-0.05, 0) is 0 Å². The second-order valence-corrected chi connectivity index (χ2v) is 5.20. The Morgan fingerprint density at radius 3 is 1.22 bits per heavy atom. The van der Waals surface area contributed by atoms with Crippen LogP contribution in [0.3, 0.4) is 0 Å². The third-order valence-electron chi connectivity index (χ3n) is 2.56. The molecule has 128 valence electrons. The third-order valence-corrected chi connectivity index (χ3v) is 2.56.